The first-order valence-corrected chi connectivity index (χ1v) is 7.12. The Labute approximate surface area is 115 Å². The zero-order valence-electron chi connectivity index (χ0n) is 11.9. The van der Waals surface area contributed by atoms with Crippen molar-refractivity contribution in [3.05, 3.63) is 35.4 Å². The second-order valence-electron chi connectivity index (χ2n) is 5.71. The van der Waals surface area contributed by atoms with Crippen molar-refractivity contribution in [3.8, 4) is 0 Å². The third kappa shape index (κ3) is 3.35. The fraction of sp³-hybridized carbons (Fsp3) is 0.562. The van der Waals surface area contributed by atoms with Crippen LogP contribution in [-0.2, 0) is 11.3 Å². The van der Waals surface area contributed by atoms with Crippen LogP contribution in [0, 0.1) is 18.8 Å². The second-order valence-corrected chi connectivity index (χ2v) is 5.71. The smallest absolute Gasteiger partial charge is 0.226 e. The molecule has 0 radical (unpaired) electrons. The predicted octanol–water partition coefficient (Wildman–Crippen LogP) is 2.33. The van der Waals surface area contributed by atoms with E-state index in [9.17, 15) is 4.79 Å². The van der Waals surface area contributed by atoms with Crippen molar-refractivity contribution in [1.29, 1.82) is 0 Å². The molecule has 0 unspecified atom stereocenters. The molecule has 0 aliphatic heterocycles. The van der Waals surface area contributed by atoms with E-state index in [4.69, 9.17) is 5.73 Å². The number of nitrogens with zero attached hydrogens (tertiary/aromatic N) is 1. The van der Waals surface area contributed by atoms with Crippen molar-refractivity contribution >= 4 is 5.91 Å². The fourth-order valence-electron chi connectivity index (χ4n) is 2.97. The number of hydrogen-bond acceptors (Lipinski definition) is 2. The Kier molecular flexibility index (Phi) is 4.59. The van der Waals surface area contributed by atoms with E-state index in [1.165, 1.54) is 11.1 Å². The van der Waals surface area contributed by atoms with Gasteiger partial charge in [-0.3, -0.25) is 4.79 Å². The van der Waals surface area contributed by atoms with Gasteiger partial charge in [-0.15, -0.1) is 0 Å². The fourth-order valence-corrected chi connectivity index (χ4v) is 2.97. The van der Waals surface area contributed by atoms with E-state index in [-0.39, 0.29) is 11.8 Å². The zero-order chi connectivity index (χ0) is 13.8. The Balaban J connectivity index is 1.97. The Morgan fingerprint density at radius 1 is 1.32 bits per heavy atom. The van der Waals surface area contributed by atoms with Crippen LogP contribution in [0.15, 0.2) is 24.3 Å². The maximum Gasteiger partial charge on any atom is 0.226 e. The van der Waals surface area contributed by atoms with Gasteiger partial charge in [0, 0.05) is 19.5 Å². The summed E-state index contributed by atoms with van der Waals surface area (Å²) in [6, 6.07) is 8.36. The molecular formula is C16H24N2O. The maximum atomic E-state index is 12.5. The second kappa shape index (κ2) is 6.20. The van der Waals surface area contributed by atoms with Crippen molar-refractivity contribution in [2.24, 2.45) is 17.6 Å². The summed E-state index contributed by atoms with van der Waals surface area (Å²) in [5.74, 6) is 0.780. The van der Waals surface area contributed by atoms with E-state index in [1.54, 1.807) is 0 Å². The van der Waals surface area contributed by atoms with E-state index in [1.807, 2.05) is 11.9 Å². The molecule has 2 rings (SSSR count). The molecule has 0 aromatic heterocycles. The summed E-state index contributed by atoms with van der Waals surface area (Å²) in [7, 11) is 1.90. The summed E-state index contributed by atoms with van der Waals surface area (Å²) in [5.41, 5.74) is 8.19. The van der Waals surface area contributed by atoms with Gasteiger partial charge in [0.15, 0.2) is 0 Å². The van der Waals surface area contributed by atoms with E-state index in [0.29, 0.717) is 19.0 Å². The number of nitrogens with two attached hydrogens (primary N) is 1. The van der Waals surface area contributed by atoms with Gasteiger partial charge < -0.3 is 10.6 Å². The molecule has 1 saturated carbocycles. The van der Waals surface area contributed by atoms with Crippen LogP contribution in [0.25, 0.3) is 0 Å². The van der Waals surface area contributed by atoms with Crippen LogP contribution in [0.2, 0.25) is 0 Å². The molecule has 1 aliphatic rings. The number of hydrogen-bond donors (Lipinski definition) is 1. The number of carbonyl (C=O) groups excluding carboxylic acids is 1. The summed E-state index contributed by atoms with van der Waals surface area (Å²) in [6.45, 7) is 3.39. The maximum absolute atomic E-state index is 12.5. The molecule has 2 atom stereocenters. The number of benzene rings is 1. The topological polar surface area (TPSA) is 46.3 Å². The van der Waals surface area contributed by atoms with Gasteiger partial charge in [0.25, 0.3) is 0 Å². The van der Waals surface area contributed by atoms with E-state index in [2.05, 4.69) is 31.2 Å². The summed E-state index contributed by atoms with van der Waals surface area (Å²) >= 11 is 0. The van der Waals surface area contributed by atoms with Gasteiger partial charge >= 0.3 is 0 Å². The number of carbonyl (C=O) groups is 1. The SMILES string of the molecule is Cc1ccc(CN(C)C(=O)[C@@H]2CCC[C@@H]2CN)cc1. The van der Waals surface area contributed by atoms with Crippen molar-refractivity contribution < 1.29 is 4.79 Å². The van der Waals surface area contributed by atoms with Crippen molar-refractivity contribution in [2.45, 2.75) is 32.7 Å². The van der Waals surface area contributed by atoms with E-state index >= 15 is 0 Å². The number of aryl methyl sites for hydroxylation is 1. The monoisotopic (exact) mass is 260 g/mol. The van der Waals surface area contributed by atoms with Crippen LogP contribution in [0.1, 0.15) is 30.4 Å². The lowest BCUT2D eigenvalue weighted by Gasteiger charge is -2.24. The van der Waals surface area contributed by atoms with Crippen LogP contribution in [0.3, 0.4) is 0 Å². The molecule has 3 nitrogen and oxygen atoms in total. The van der Waals surface area contributed by atoms with Crippen LogP contribution >= 0.6 is 0 Å². The third-order valence-corrected chi connectivity index (χ3v) is 4.20. The standard InChI is InChI=1S/C16H24N2O/c1-12-6-8-13(9-7-12)11-18(2)16(19)15-5-3-4-14(15)10-17/h6-9,14-15H,3-5,10-11,17H2,1-2H3/t14-,15-/m1/s1. The van der Waals surface area contributed by atoms with E-state index < -0.39 is 0 Å². The Morgan fingerprint density at radius 2 is 2.00 bits per heavy atom. The molecule has 0 bridgehead atoms. The van der Waals surface area contributed by atoms with Gasteiger partial charge in [0.05, 0.1) is 0 Å². The van der Waals surface area contributed by atoms with Crippen molar-refractivity contribution in [2.75, 3.05) is 13.6 Å². The highest BCUT2D eigenvalue weighted by atomic mass is 16.2. The molecule has 0 spiro atoms. The van der Waals surface area contributed by atoms with Gasteiger partial charge in [-0.05, 0) is 37.8 Å². The minimum atomic E-state index is 0.139. The minimum Gasteiger partial charge on any atom is -0.341 e. The lowest BCUT2D eigenvalue weighted by Crippen LogP contribution is -2.36. The molecule has 1 aliphatic carbocycles. The average Bonchev–Trinajstić information content (AvgIpc) is 2.88. The molecule has 2 N–H and O–H groups in total. The first-order chi connectivity index (χ1) is 9.11. The number of rotatable bonds is 4. The Morgan fingerprint density at radius 3 is 2.63 bits per heavy atom. The average molecular weight is 260 g/mol. The molecular weight excluding hydrogens is 236 g/mol. The Hall–Kier alpha value is -1.35. The first kappa shape index (κ1) is 14.1. The molecule has 1 aromatic carbocycles. The van der Waals surface area contributed by atoms with Gasteiger partial charge in [-0.2, -0.15) is 0 Å². The highest BCUT2D eigenvalue weighted by Crippen LogP contribution is 2.32. The van der Waals surface area contributed by atoms with Gasteiger partial charge in [-0.25, -0.2) is 0 Å². The predicted molar refractivity (Wildman–Crippen MR) is 77.5 cm³/mol. The molecule has 1 fully saturated rings. The summed E-state index contributed by atoms with van der Waals surface area (Å²) < 4.78 is 0. The largest absolute Gasteiger partial charge is 0.341 e. The lowest BCUT2D eigenvalue weighted by molar-refractivity contribution is -0.135. The molecule has 1 amide bonds. The first-order valence-electron chi connectivity index (χ1n) is 7.12. The third-order valence-electron chi connectivity index (χ3n) is 4.20. The lowest BCUT2D eigenvalue weighted by atomic mass is 9.94. The van der Waals surface area contributed by atoms with Gasteiger partial charge in [0.1, 0.15) is 0 Å². The molecule has 0 heterocycles. The quantitative estimate of drug-likeness (QED) is 0.903. The van der Waals surface area contributed by atoms with E-state index in [0.717, 1.165) is 19.3 Å². The zero-order valence-corrected chi connectivity index (χ0v) is 11.9. The molecule has 3 heteroatoms. The summed E-state index contributed by atoms with van der Waals surface area (Å²) in [5, 5.41) is 0. The Bertz CT molecular complexity index is 427. The summed E-state index contributed by atoms with van der Waals surface area (Å²) in [6.07, 6.45) is 3.24. The van der Waals surface area contributed by atoms with Gasteiger partial charge in [0.2, 0.25) is 5.91 Å². The van der Waals surface area contributed by atoms with Gasteiger partial charge in [-0.1, -0.05) is 36.2 Å². The highest BCUT2D eigenvalue weighted by molar-refractivity contribution is 5.79. The molecule has 1 aromatic rings. The molecule has 0 saturated heterocycles. The van der Waals surface area contributed by atoms with Crippen molar-refractivity contribution in [3.63, 3.8) is 0 Å². The van der Waals surface area contributed by atoms with Crippen molar-refractivity contribution in [1.82, 2.24) is 4.90 Å². The molecule has 104 valence electrons. The normalized spacial score (nSPS) is 22.5. The highest BCUT2D eigenvalue weighted by Gasteiger charge is 2.33. The van der Waals surface area contributed by atoms with Crippen LogP contribution in [0.5, 0.6) is 0 Å². The molecule has 19 heavy (non-hydrogen) atoms. The number of amides is 1. The summed E-state index contributed by atoms with van der Waals surface area (Å²) in [4.78, 5) is 14.3. The minimum absolute atomic E-state index is 0.139. The van der Waals surface area contributed by atoms with Crippen LogP contribution in [0.4, 0.5) is 0 Å². The van der Waals surface area contributed by atoms with Crippen LogP contribution in [-0.4, -0.2) is 24.4 Å². The van der Waals surface area contributed by atoms with Crippen LogP contribution < -0.4 is 5.73 Å².